The fourth-order valence-corrected chi connectivity index (χ4v) is 4.81. The van der Waals surface area contributed by atoms with Crippen molar-refractivity contribution in [3.05, 3.63) is 97.6 Å². The lowest BCUT2D eigenvalue weighted by molar-refractivity contribution is -0.598. The Kier molecular flexibility index (Phi) is 7.52. The van der Waals surface area contributed by atoms with E-state index in [1.165, 1.54) is 0 Å². The van der Waals surface area contributed by atoms with Crippen LogP contribution in [0.15, 0.2) is 92.6 Å². The molecule has 0 bridgehead atoms. The number of hydrogen-bond acceptors (Lipinski definition) is 8. The first-order valence-electron chi connectivity index (χ1n) is 12.4. The highest BCUT2D eigenvalue weighted by atomic mass is 35.5. The van der Waals surface area contributed by atoms with Gasteiger partial charge in [-0.2, -0.15) is 0 Å². The average molecular weight is 618 g/mol. The van der Waals surface area contributed by atoms with Crippen molar-refractivity contribution in [1.29, 1.82) is 0 Å². The number of nitrogens with one attached hydrogen (secondary N) is 1. The third kappa shape index (κ3) is 5.40. The van der Waals surface area contributed by atoms with E-state index >= 15 is 0 Å². The van der Waals surface area contributed by atoms with Crippen LogP contribution in [0.2, 0.25) is 5.02 Å². The van der Waals surface area contributed by atoms with Crippen molar-refractivity contribution in [1.82, 2.24) is 28.7 Å². The minimum atomic E-state index is 0.416. The van der Waals surface area contributed by atoms with Gasteiger partial charge in [-0.3, -0.25) is 14.1 Å². The first-order valence-corrected chi connectivity index (χ1v) is 13.6. The number of thiocarbonyl (C=S) groups is 2. The molecule has 2 aromatic carbocycles. The molecule has 11 nitrogen and oxygen atoms in total. The van der Waals surface area contributed by atoms with Crippen molar-refractivity contribution in [2.45, 2.75) is 0 Å². The SMILES string of the molecule is COc1cc2nccc(Oc3ccc(NC(=S)n4cc[n+](-c5cn(C(=S)n6ccnc6)cn5)c4)c(Cl)c3)c2cc1OC. The van der Waals surface area contributed by atoms with Crippen LogP contribution in [0.1, 0.15) is 0 Å². The summed E-state index contributed by atoms with van der Waals surface area (Å²) < 4.78 is 24.0. The molecule has 0 spiro atoms. The van der Waals surface area contributed by atoms with Gasteiger partial charge in [-0.15, -0.1) is 0 Å². The summed E-state index contributed by atoms with van der Waals surface area (Å²) in [5, 5.41) is 5.32. The minimum absolute atomic E-state index is 0.416. The van der Waals surface area contributed by atoms with Crippen molar-refractivity contribution in [3.8, 4) is 28.8 Å². The van der Waals surface area contributed by atoms with E-state index in [0.29, 0.717) is 55.3 Å². The Labute approximate surface area is 255 Å². The number of benzene rings is 2. The largest absolute Gasteiger partial charge is 0.493 e. The monoisotopic (exact) mass is 617 g/mol. The Morgan fingerprint density at radius 3 is 2.50 bits per heavy atom. The molecule has 6 rings (SSSR count). The van der Waals surface area contributed by atoms with Crippen LogP contribution in [-0.2, 0) is 0 Å². The van der Waals surface area contributed by atoms with Gasteiger partial charge >= 0.3 is 0 Å². The van der Waals surface area contributed by atoms with Gasteiger partial charge < -0.3 is 19.5 Å². The third-order valence-corrected chi connectivity index (χ3v) is 7.31. The Hall–Kier alpha value is -4.85. The number of rotatable bonds is 6. The summed E-state index contributed by atoms with van der Waals surface area (Å²) in [6.07, 6.45) is 15.6. The summed E-state index contributed by atoms with van der Waals surface area (Å²) in [4.78, 5) is 12.9. The maximum atomic E-state index is 6.61. The second kappa shape index (κ2) is 11.6. The molecule has 0 atom stereocenters. The number of anilines is 1. The standard InChI is InChI=1S/C28H21ClN8O3S2/c1-38-24-12-19-22(13-25(24)39-2)31-6-5-23(19)40-18-3-4-21(20(29)11-18)33-27(41)36-10-9-35(17-36)26-14-37(16-32-26)28(42)34-8-7-30-15-34/h3-17H,1-2H3/p+1. The number of hydrogen-bond donors (Lipinski definition) is 1. The fourth-order valence-electron chi connectivity index (χ4n) is 4.17. The molecule has 210 valence electrons. The van der Waals surface area contributed by atoms with Gasteiger partial charge in [-0.1, -0.05) is 16.6 Å². The van der Waals surface area contributed by atoms with E-state index in [2.05, 4.69) is 20.3 Å². The Bertz CT molecular complexity index is 1940. The summed E-state index contributed by atoms with van der Waals surface area (Å²) in [6.45, 7) is 0. The highest BCUT2D eigenvalue weighted by Crippen LogP contribution is 2.37. The van der Waals surface area contributed by atoms with Crippen molar-refractivity contribution in [2.75, 3.05) is 19.5 Å². The van der Waals surface area contributed by atoms with E-state index in [9.17, 15) is 0 Å². The molecule has 4 aromatic heterocycles. The van der Waals surface area contributed by atoms with Crippen molar-refractivity contribution in [2.24, 2.45) is 0 Å². The number of aromatic nitrogens is 7. The zero-order valence-electron chi connectivity index (χ0n) is 22.2. The molecule has 0 saturated carbocycles. The van der Waals surface area contributed by atoms with Gasteiger partial charge in [0.15, 0.2) is 22.9 Å². The maximum Gasteiger partial charge on any atom is 0.285 e. The van der Waals surface area contributed by atoms with Gasteiger partial charge in [-0.05, 0) is 48.7 Å². The Morgan fingerprint density at radius 1 is 0.905 bits per heavy atom. The van der Waals surface area contributed by atoms with Gasteiger partial charge in [0.2, 0.25) is 11.4 Å². The van der Waals surface area contributed by atoms with Crippen molar-refractivity contribution in [3.63, 3.8) is 0 Å². The van der Waals surface area contributed by atoms with E-state index in [1.54, 1.807) is 95.8 Å². The number of halogens is 1. The molecule has 6 aromatic rings. The Morgan fingerprint density at radius 2 is 1.74 bits per heavy atom. The van der Waals surface area contributed by atoms with Crippen molar-refractivity contribution < 1.29 is 18.8 Å². The quantitative estimate of drug-likeness (QED) is 0.202. The van der Waals surface area contributed by atoms with Crippen LogP contribution in [-0.4, -0.2) is 53.1 Å². The number of ether oxygens (including phenoxy) is 3. The van der Waals surface area contributed by atoms with Crippen LogP contribution in [0.25, 0.3) is 16.7 Å². The van der Waals surface area contributed by atoms with Crippen LogP contribution in [0.5, 0.6) is 23.0 Å². The Balaban J connectivity index is 1.16. The molecule has 0 aliphatic heterocycles. The molecular formula is C28H22ClN8O3S2+. The lowest BCUT2D eigenvalue weighted by atomic mass is 10.2. The average Bonchev–Trinajstić information content (AvgIpc) is 3.79. The molecule has 14 heteroatoms. The van der Waals surface area contributed by atoms with Gasteiger partial charge in [0.1, 0.15) is 30.2 Å². The number of methoxy groups -OCH3 is 2. The molecule has 0 aliphatic rings. The molecule has 4 heterocycles. The van der Waals surface area contributed by atoms with E-state index in [-0.39, 0.29) is 0 Å². The molecule has 0 aliphatic carbocycles. The molecule has 0 unspecified atom stereocenters. The summed E-state index contributed by atoms with van der Waals surface area (Å²) >= 11 is 17.7. The number of fused-ring (bicyclic) bond motifs is 1. The number of nitrogens with zero attached hydrogens (tertiary/aromatic N) is 7. The first kappa shape index (κ1) is 27.3. The van der Waals surface area contributed by atoms with Crippen LogP contribution in [0.3, 0.4) is 0 Å². The predicted octanol–water partition coefficient (Wildman–Crippen LogP) is 5.10. The summed E-state index contributed by atoms with van der Waals surface area (Å²) in [7, 11) is 3.16. The predicted molar refractivity (Wildman–Crippen MR) is 165 cm³/mol. The van der Waals surface area contributed by atoms with Gasteiger partial charge in [0.25, 0.3) is 5.82 Å². The smallest absolute Gasteiger partial charge is 0.285 e. The normalized spacial score (nSPS) is 10.9. The molecule has 0 saturated heterocycles. The minimum Gasteiger partial charge on any atom is -0.493 e. The lowest BCUT2D eigenvalue weighted by Gasteiger charge is -2.13. The lowest BCUT2D eigenvalue weighted by Crippen LogP contribution is -2.29. The highest BCUT2D eigenvalue weighted by molar-refractivity contribution is 7.80. The van der Waals surface area contributed by atoms with Gasteiger partial charge in [-0.25, -0.2) is 14.1 Å². The second-order valence-electron chi connectivity index (χ2n) is 8.83. The molecule has 1 N–H and O–H groups in total. The number of imidazole rings is 3. The van der Waals surface area contributed by atoms with Gasteiger partial charge in [0.05, 0.1) is 36.6 Å². The summed E-state index contributed by atoms with van der Waals surface area (Å²) in [5.74, 6) is 2.96. The van der Waals surface area contributed by atoms with Crippen LogP contribution >= 0.6 is 36.0 Å². The molecule has 0 radical (unpaired) electrons. The molecule has 0 fully saturated rings. The molecule has 42 heavy (non-hydrogen) atoms. The zero-order valence-corrected chi connectivity index (χ0v) is 24.6. The topological polar surface area (TPSA) is 97.1 Å². The van der Waals surface area contributed by atoms with Gasteiger partial charge in [0, 0.05) is 36.1 Å². The van der Waals surface area contributed by atoms with Crippen LogP contribution in [0.4, 0.5) is 5.69 Å². The van der Waals surface area contributed by atoms with E-state index in [1.807, 2.05) is 29.2 Å². The van der Waals surface area contributed by atoms with E-state index in [0.717, 1.165) is 5.39 Å². The van der Waals surface area contributed by atoms with E-state index in [4.69, 9.17) is 50.2 Å². The van der Waals surface area contributed by atoms with Crippen molar-refractivity contribution >= 4 is 62.9 Å². The van der Waals surface area contributed by atoms with Crippen LogP contribution < -0.4 is 24.1 Å². The van der Waals surface area contributed by atoms with E-state index < -0.39 is 0 Å². The summed E-state index contributed by atoms with van der Waals surface area (Å²) in [6, 6.07) is 10.7. The fraction of sp³-hybridized carbons (Fsp3) is 0.0714. The maximum absolute atomic E-state index is 6.61. The highest BCUT2D eigenvalue weighted by Gasteiger charge is 2.16. The first-order chi connectivity index (χ1) is 20.4. The molecular weight excluding hydrogens is 596 g/mol. The number of pyridine rings is 1. The molecule has 0 amide bonds. The zero-order chi connectivity index (χ0) is 29.2. The summed E-state index contributed by atoms with van der Waals surface area (Å²) in [5.41, 5.74) is 1.33. The second-order valence-corrected chi connectivity index (χ2v) is 9.99. The third-order valence-electron chi connectivity index (χ3n) is 6.27. The van der Waals surface area contributed by atoms with Crippen LogP contribution in [0, 0.1) is 0 Å².